The monoisotopic (exact) mass is 335 g/mol. The Balaban J connectivity index is 1.98. The van der Waals surface area contributed by atoms with Crippen molar-refractivity contribution in [3.8, 4) is 5.69 Å². The van der Waals surface area contributed by atoms with E-state index in [0.717, 1.165) is 5.69 Å². The van der Waals surface area contributed by atoms with Crippen LogP contribution in [0.3, 0.4) is 0 Å². The Labute approximate surface area is 139 Å². The molecule has 0 aliphatic rings. The number of amides is 1. The van der Waals surface area contributed by atoms with Crippen LogP contribution in [0.4, 0.5) is 0 Å². The summed E-state index contributed by atoms with van der Waals surface area (Å²) in [4.78, 5) is 23.1. The van der Waals surface area contributed by atoms with Gasteiger partial charge in [-0.25, -0.2) is 4.68 Å². The van der Waals surface area contributed by atoms with Crippen LogP contribution in [0.2, 0.25) is 5.02 Å². The Morgan fingerprint density at radius 3 is 2.74 bits per heavy atom. The molecule has 0 fully saturated rings. The van der Waals surface area contributed by atoms with Gasteiger partial charge in [0.25, 0.3) is 5.91 Å². The molecule has 0 aliphatic carbocycles. The van der Waals surface area contributed by atoms with Crippen LogP contribution < -0.4 is 5.32 Å². The molecule has 1 aromatic heterocycles. The summed E-state index contributed by atoms with van der Waals surface area (Å²) in [7, 11) is 0. The van der Waals surface area contributed by atoms with Gasteiger partial charge in [0, 0.05) is 17.8 Å². The fourth-order valence-corrected chi connectivity index (χ4v) is 2.08. The average Bonchev–Trinajstić information content (AvgIpc) is 2.96. The molecule has 0 spiro atoms. The first-order valence-electron chi connectivity index (χ1n) is 7.13. The summed E-state index contributed by atoms with van der Waals surface area (Å²) in [6.45, 7) is 3.51. The highest BCUT2D eigenvalue weighted by atomic mass is 35.5. The molecule has 0 radical (unpaired) electrons. The highest BCUT2D eigenvalue weighted by Gasteiger charge is 2.26. The molecule has 1 amide bonds. The van der Waals surface area contributed by atoms with E-state index < -0.39 is 11.4 Å². The molecule has 23 heavy (non-hydrogen) atoms. The second-order valence-corrected chi connectivity index (χ2v) is 6.26. The third kappa shape index (κ3) is 4.32. The van der Waals surface area contributed by atoms with Gasteiger partial charge < -0.3 is 10.4 Å². The average molecular weight is 336 g/mol. The number of hydrogen-bond donors (Lipinski definition) is 2. The lowest BCUT2D eigenvalue weighted by molar-refractivity contribution is -0.147. The molecular weight excluding hydrogens is 318 g/mol. The molecule has 0 aliphatic heterocycles. The van der Waals surface area contributed by atoms with Crippen LogP contribution in [0.5, 0.6) is 0 Å². The fourth-order valence-electron chi connectivity index (χ4n) is 1.89. The molecule has 6 nitrogen and oxygen atoms in total. The lowest BCUT2D eigenvalue weighted by Gasteiger charge is -2.18. The van der Waals surface area contributed by atoms with E-state index in [0.29, 0.717) is 11.4 Å². The minimum absolute atomic E-state index is 0.262. The van der Waals surface area contributed by atoms with Gasteiger partial charge in [0.1, 0.15) is 0 Å². The van der Waals surface area contributed by atoms with Crippen molar-refractivity contribution in [3.63, 3.8) is 0 Å². The first kappa shape index (κ1) is 17.0. The second-order valence-electron chi connectivity index (χ2n) is 5.82. The minimum Gasteiger partial charge on any atom is -0.481 e. The number of carbonyl (C=O) groups excluding carboxylic acids is 1. The number of benzene rings is 1. The highest BCUT2D eigenvalue weighted by molar-refractivity contribution is 6.30. The van der Waals surface area contributed by atoms with Gasteiger partial charge in [0.2, 0.25) is 0 Å². The minimum atomic E-state index is -0.892. The molecule has 0 saturated heterocycles. The number of carbonyl (C=O) groups is 2. The van der Waals surface area contributed by atoms with Crippen molar-refractivity contribution in [3.05, 3.63) is 47.2 Å². The zero-order valence-electron chi connectivity index (χ0n) is 12.9. The summed E-state index contributed by atoms with van der Waals surface area (Å²) < 4.78 is 1.56. The van der Waals surface area contributed by atoms with Gasteiger partial charge in [-0.05, 0) is 44.5 Å². The van der Waals surface area contributed by atoms with Crippen LogP contribution in [0.15, 0.2) is 36.5 Å². The van der Waals surface area contributed by atoms with Crippen molar-refractivity contribution in [1.82, 2.24) is 15.1 Å². The Kier molecular flexibility index (Phi) is 5.05. The number of rotatable bonds is 6. The third-order valence-corrected chi connectivity index (χ3v) is 3.74. The quantitative estimate of drug-likeness (QED) is 0.850. The van der Waals surface area contributed by atoms with Gasteiger partial charge >= 0.3 is 5.97 Å². The molecular formula is C16H18ClN3O3. The molecule has 7 heteroatoms. The summed E-state index contributed by atoms with van der Waals surface area (Å²) in [5, 5.41) is 16.5. The summed E-state index contributed by atoms with van der Waals surface area (Å²) in [6, 6.07) is 8.72. The normalized spacial score (nSPS) is 11.3. The molecule has 0 bridgehead atoms. The maximum absolute atomic E-state index is 12.1. The Bertz CT molecular complexity index is 725. The lowest BCUT2D eigenvalue weighted by Crippen LogP contribution is -2.32. The Morgan fingerprint density at radius 1 is 1.35 bits per heavy atom. The molecule has 0 unspecified atom stereocenters. The first-order chi connectivity index (χ1) is 10.8. The number of aliphatic carboxylic acids is 1. The smallest absolute Gasteiger partial charge is 0.309 e. The Hall–Kier alpha value is -2.34. The second kappa shape index (κ2) is 6.83. The van der Waals surface area contributed by atoms with E-state index in [-0.39, 0.29) is 18.1 Å². The molecule has 1 heterocycles. The number of aromatic nitrogens is 2. The molecule has 2 aromatic rings. The van der Waals surface area contributed by atoms with Gasteiger partial charge in [-0.3, -0.25) is 9.59 Å². The van der Waals surface area contributed by atoms with Crippen molar-refractivity contribution in [1.29, 1.82) is 0 Å². The van der Waals surface area contributed by atoms with Gasteiger partial charge in [-0.2, -0.15) is 5.10 Å². The molecule has 122 valence electrons. The van der Waals surface area contributed by atoms with Crippen LogP contribution >= 0.6 is 11.6 Å². The van der Waals surface area contributed by atoms with E-state index >= 15 is 0 Å². The van der Waals surface area contributed by atoms with E-state index in [1.807, 2.05) is 6.07 Å². The molecule has 2 rings (SSSR count). The van der Waals surface area contributed by atoms with E-state index in [2.05, 4.69) is 10.4 Å². The summed E-state index contributed by atoms with van der Waals surface area (Å²) in [6.07, 6.45) is 2.00. The van der Waals surface area contributed by atoms with Crippen LogP contribution in [0.1, 0.15) is 30.8 Å². The van der Waals surface area contributed by atoms with E-state index in [1.54, 1.807) is 49.0 Å². The topological polar surface area (TPSA) is 84.2 Å². The summed E-state index contributed by atoms with van der Waals surface area (Å²) in [5.41, 5.74) is 0.134. The first-order valence-corrected chi connectivity index (χ1v) is 7.50. The summed E-state index contributed by atoms with van der Waals surface area (Å²) >= 11 is 5.93. The number of nitrogens with one attached hydrogen (secondary N) is 1. The molecule has 0 atom stereocenters. The highest BCUT2D eigenvalue weighted by Crippen LogP contribution is 2.19. The largest absolute Gasteiger partial charge is 0.481 e. The van der Waals surface area contributed by atoms with Crippen LogP contribution in [0.25, 0.3) is 5.69 Å². The van der Waals surface area contributed by atoms with Crippen molar-refractivity contribution < 1.29 is 14.7 Å². The lowest BCUT2D eigenvalue weighted by atomic mass is 9.90. The number of nitrogens with zero attached hydrogens (tertiary/aromatic N) is 2. The standard InChI is InChI=1S/C16H18ClN3O3/c1-16(2,15(22)23)7-8-18-14(21)13-6-9-20(19-13)12-5-3-4-11(17)10-12/h3-6,9-10H,7-8H2,1-2H3,(H,18,21)(H,22,23). The SMILES string of the molecule is CC(C)(CCNC(=O)c1ccn(-c2cccc(Cl)c2)n1)C(=O)O. The summed E-state index contributed by atoms with van der Waals surface area (Å²) in [5.74, 6) is -1.23. The molecule has 2 N–H and O–H groups in total. The predicted octanol–water partition coefficient (Wildman–Crippen LogP) is 2.76. The van der Waals surface area contributed by atoms with Gasteiger partial charge in [-0.1, -0.05) is 17.7 Å². The zero-order valence-corrected chi connectivity index (χ0v) is 13.7. The maximum atomic E-state index is 12.1. The van der Waals surface area contributed by atoms with Crippen molar-refractivity contribution in [2.45, 2.75) is 20.3 Å². The van der Waals surface area contributed by atoms with E-state index in [9.17, 15) is 9.59 Å². The number of carboxylic acid groups (broad SMARTS) is 1. The van der Waals surface area contributed by atoms with Crippen LogP contribution in [-0.2, 0) is 4.79 Å². The fraction of sp³-hybridized carbons (Fsp3) is 0.312. The van der Waals surface area contributed by atoms with Gasteiger partial charge in [-0.15, -0.1) is 0 Å². The molecule has 0 saturated carbocycles. The molecule has 1 aromatic carbocycles. The number of halogens is 1. The number of hydrogen-bond acceptors (Lipinski definition) is 3. The van der Waals surface area contributed by atoms with Crippen molar-refractivity contribution >= 4 is 23.5 Å². The zero-order chi connectivity index (χ0) is 17.0. The number of carboxylic acids is 1. The predicted molar refractivity (Wildman–Crippen MR) is 86.9 cm³/mol. The van der Waals surface area contributed by atoms with Crippen LogP contribution in [-0.4, -0.2) is 33.3 Å². The van der Waals surface area contributed by atoms with Crippen molar-refractivity contribution in [2.75, 3.05) is 6.54 Å². The van der Waals surface area contributed by atoms with Crippen molar-refractivity contribution in [2.24, 2.45) is 5.41 Å². The van der Waals surface area contributed by atoms with Crippen LogP contribution in [0, 0.1) is 5.41 Å². The van der Waals surface area contributed by atoms with E-state index in [1.165, 1.54) is 0 Å². The maximum Gasteiger partial charge on any atom is 0.309 e. The van der Waals surface area contributed by atoms with E-state index in [4.69, 9.17) is 16.7 Å². The Morgan fingerprint density at radius 2 is 2.09 bits per heavy atom. The van der Waals surface area contributed by atoms with Gasteiger partial charge in [0.15, 0.2) is 5.69 Å². The van der Waals surface area contributed by atoms with Gasteiger partial charge in [0.05, 0.1) is 11.1 Å². The third-order valence-electron chi connectivity index (χ3n) is 3.51.